The zero-order valence-corrected chi connectivity index (χ0v) is 6.81. The molecule has 0 aliphatic carbocycles. The van der Waals surface area contributed by atoms with Gasteiger partial charge < -0.3 is 0 Å². The minimum Gasteiger partial charge on any atom is -0.236 e. The maximum absolute atomic E-state index is 4.24. The number of amidine groups is 1. The standard InChI is InChI=1S/C9H9N3/c1-7-10-9(12-11-7)8-5-3-2-4-6-8/h2-7H,1H3. The number of aliphatic imine (C=N–C) groups is 1. The molecule has 0 bridgehead atoms. The molecule has 0 radical (unpaired) electrons. The summed E-state index contributed by atoms with van der Waals surface area (Å²) in [6.45, 7) is 1.92. The van der Waals surface area contributed by atoms with Crippen molar-refractivity contribution in [1.29, 1.82) is 0 Å². The van der Waals surface area contributed by atoms with Crippen molar-refractivity contribution < 1.29 is 0 Å². The molecule has 0 amide bonds. The first-order chi connectivity index (χ1) is 5.86. The van der Waals surface area contributed by atoms with Crippen LogP contribution in [0.15, 0.2) is 45.6 Å². The topological polar surface area (TPSA) is 37.1 Å². The second-order valence-electron chi connectivity index (χ2n) is 2.67. The van der Waals surface area contributed by atoms with Gasteiger partial charge in [0.1, 0.15) is 0 Å². The maximum Gasteiger partial charge on any atom is 0.179 e. The van der Waals surface area contributed by atoms with Gasteiger partial charge in [-0.05, 0) is 6.92 Å². The van der Waals surface area contributed by atoms with Crippen LogP contribution in [-0.4, -0.2) is 12.0 Å². The van der Waals surface area contributed by atoms with Crippen molar-refractivity contribution >= 4 is 5.84 Å². The maximum atomic E-state index is 4.24. The van der Waals surface area contributed by atoms with E-state index in [0.717, 1.165) is 11.4 Å². The van der Waals surface area contributed by atoms with Crippen molar-refractivity contribution in [3.05, 3.63) is 35.9 Å². The average Bonchev–Trinajstić information content (AvgIpc) is 2.54. The Morgan fingerprint density at radius 3 is 2.50 bits per heavy atom. The summed E-state index contributed by atoms with van der Waals surface area (Å²) in [6, 6.07) is 9.87. The Bertz CT molecular complexity index is 327. The molecule has 1 heterocycles. The van der Waals surface area contributed by atoms with Gasteiger partial charge in [-0.15, -0.1) is 5.11 Å². The van der Waals surface area contributed by atoms with Gasteiger partial charge in [0, 0.05) is 5.56 Å². The van der Waals surface area contributed by atoms with Gasteiger partial charge in [-0.3, -0.25) is 0 Å². The third-order valence-corrected chi connectivity index (χ3v) is 1.66. The van der Waals surface area contributed by atoms with Gasteiger partial charge in [0.05, 0.1) is 0 Å². The summed E-state index contributed by atoms with van der Waals surface area (Å²) in [6.07, 6.45) is -0.0137. The number of hydrogen-bond donors (Lipinski definition) is 0. The van der Waals surface area contributed by atoms with Crippen LogP contribution in [0.1, 0.15) is 12.5 Å². The largest absolute Gasteiger partial charge is 0.236 e. The van der Waals surface area contributed by atoms with Crippen molar-refractivity contribution in [2.75, 3.05) is 0 Å². The van der Waals surface area contributed by atoms with Gasteiger partial charge in [0.15, 0.2) is 12.0 Å². The van der Waals surface area contributed by atoms with Crippen molar-refractivity contribution in [3.8, 4) is 0 Å². The summed E-state index contributed by atoms with van der Waals surface area (Å²) in [5, 5.41) is 7.88. The Morgan fingerprint density at radius 2 is 1.92 bits per heavy atom. The molecule has 1 atom stereocenters. The normalized spacial score (nSPS) is 21.1. The van der Waals surface area contributed by atoms with Crippen LogP contribution in [0.25, 0.3) is 0 Å². The van der Waals surface area contributed by atoms with Crippen LogP contribution < -0.4 is 0 Å². The minimum atomic E-state index is -0.0137. The zero-order valence-electron chi connectivity index (χ0n) is 6.81. The third-order valence-electron chi connectivity index (χ3n) is 1.66. The van der Waals surface area contributed by atoms with Crippen LogP contribution in [0.2, 0.25) is 0 Å². The summed E-state index contributed by atoms with van der Waals surface area (Å²) in [4.78, 5) is 4.24. The van der Waals surface area contributed by atoms with Gasteiger partial charge in [-0.25, -0.2) is 4.99 Å². The lowest BCUT2D eigenvalue weighted by atomic mass is 10.2. The van der Waals surface area contributed by atoms with Gasteiger partial charge >= 0.3 is 0 Å². The fourth-order valence-electron chi connectivity index (χ4n) is 1.09. The highest BCUT2D eigenvalue weighted by atomic mass is 15.3. The quantitative estimate of drug-likeness (QED) is 0.602. The van der Waals surface area contributed by atoms with Crippen LogP contribution in [0.4, 0.5) is 0 Å². The van der Waals surface area contributed by atoms with E-state index in [0.29, 0.717) is 0 Å². The van der Waals surface area contributed by atoms with Crippen molar-refractivity contribution in [3.63, 3.8) is 0 Å². The molecular formula is C9H9N3. The van der Waals surface area contributed by atoms with Crippen LogP contribution >= 0.6 is 0 Å². The predicted molar refractivity (Wildman–Crippen MR) is 47.3 cm³/mol. The number of benzene rings is 1. The van der Waals surface area contributed by atoms with Gasteiger partial charge in [-0.2, -0.15) is 5.11 Å². The Labute approximate surface area is 70.9 Å². The van der Waals surface area contributed by atoms with Crippen LogP contribution in [0, 0.1) is 0 Å². The van der Waals surface area contributed by atoms with E-state index < -0.39 is 0 Å². The SMILES string of the molecule is CC1N=NC(c2ccccc2)=N1. The summed E-state index contributed by atoms with van der Waals surface area (Å²) < 4.78 is 0. The molecule has 0 saturated carbocycles. The molecule has 1 aromatic rings. The van der Waals surface area contributed by atoms with E-state index in [1.807, 2.05) is 37.3 Å². The highest BCUT2D eigenvalue weighted by Crippen LogP contribution is 2.11. The zero-order chi connectivity index (χ0) is 8.39. The van der Waals surface area contributed by atoms with E-state index >= 15 is 0 Å². The lowest BCUT2D eigenvalue weighted by Gasteiger charge is -1.93. The number of hydrogen-bond acceptors (Lipinski definition) is 3. The van der Waals surface area contributed by atoms with Crippen molar-refractivity contribution in [2.24, 2.45) is 15.2 Å². The predicted octanol–water partition coefficient (Wildman–Crippen LogP) is 2.25. The molecule has 0 saturated heterocycles. The Kier molecular flexibility index (Phi) is 1.70. The molecule has 0 aromatic heterocycles. The lowest BCUT2D eigenvalue weighted by molar-refractivity contribution is 0.788. The summed E-state index contributed by atoms with van der Waals surface area (Å²) in [5.74, 6) is 0.739. The molecule has 1 aliphatic heterocycles. The molecule has 3 nitrogen and oxygen atoms in total. The third kappa shape index (κ3) is 1.25. The van der Waals surface area contributed by atoms with Crippen molar-refractivity contribution in [2.45, 2.75) is 13.1 Å². The highest BCUT2D eigenvalue weighted by molar-refractivity contribution is 5.99. The van der Waals surface area contributed by atoms with E-state index in [2.05, 4.69) is 15.2 Å². The lowest BCUT2D eigenvalue weighted by Crippen LogP contribution is -1.94. The van der Waals surface area contributed by atoms with Crippen LogP contribution in [-0.2, 0) is 0 Å². The first kappa shape index (κ1) is 7.16. The summed E-state index contributed by atoms with van der Waals surface area (Å²) in [7, 11) is 0. The number of azo groups is 1. The molecule has 3 heteroatoms. The first-order valence-electron chi connectivity index (χ1n) is 3.90. The Morgan fingerprint density at radius 1 is 1.17 bits per heavy atom. The molecule has 0 N–H and O–H groups in total. The first-order valence-corrected chi connectivity index (χ1v) is 3.90. The second kappa shape index (κ2) is 2.85. The van der Waals surface area contributed by atoms with E-state index in [1.165, 1.54) is 0 Å². The molecule has 1 aromatic carbocycles. The summed E-state index contributed by atoms with van der Waals surface area (Å²) >= 11 is 0. The molecule has 0 fully saturated rings. The van der Waals surface area contributed by atoms with E-state index in [-0.39, 0.29) is 6.17 Å². The smallest absolute Gasteiger partial charge is 0.179 e. The average molecular weight is 159 g/mol. The minimum absolute atomic E-state index is 0.0137. The molecule has 0 spiro atoms. The van der Waals surface area contributed by atoms with Gasteiger partial charge in [-0.1, -0.05) is 30.3 Å². The van der Waals surface area contributed by atoms with Gasteiger partial charge in [0.25, 0.3) is 0 Å². The Balaban J connectivity index is 2.34. The van der Waals surface area contributed by atoms with E-state index in [4.69, 9.17) is 0 Å². The van der Waals surface area contributed by atoms with Crippen LogP contribution in [0.3, 0.4) is 0 Å². The van der Waals surface area contributed by atoms with Crippen LogP contribution in [0.5, 0.6) is 0 Å². The van der Waals surface area contributed by atoms with E-state index in [9.17, 15) is 0 Å². The number of nitrogens with zero attached hydrogens (tertiary/aromatic N) is 3. The van der Waals surface area contributed by atoms with Crippen molar-refractivity contribution in [1.82, 2.24) is 0 Å². The monoisotopic (exact) mass is 159 g/mol. The fraction of sp³-hybridized carbons (Fsp3) is 0.222. The van der Waals surface area contributed by atoms with Gasteiger partial charge in [0.2, 0.25) is 0 Å². The molecule has 12 heavy (non-hydrogen) atoms. The highest BCUT2D eigenvalue weighted by Gasteiger charge is 2.09. The molecule has 60 valence electrons. The summed E-state index contributed by atoms with van der Waals surface area (Å²) in [5.41, 5.74) is 1.03. The molecule has 1 aliphatic rings. The molecule has 2 rings (SSSR count). The molecular weight excluding hydrogens is 150 g/mol. The fourth-order valence-corrected chi connectivity index (χ4v) is 1.09. The Hall–Kier alpha value is -1.51. The molecule has 1 unspecified atom stereocenters. The second-order valence-corrected chi connectivity index (χ2v) is 2.67. The van der Waals surface area contributed by atoms with E-state index in [1.54, 1.807) is 0 Å². The number of rotatable bonds is 1.